The van der Waals surface area contributed by atoms with Gasteiger partial charge < -0.3 is 10.1 Å². The second kappa shape index (κ2) is 13.2. The molecule has 5 aromatic rings. The first-order valence-corrected chi connectivity index (χ1v) is 14.4. The lowest BCUT2D eigenvalue weighted by atomic mass is 10.1. The third-order valence-electron chi connectivity index (χ3n) is 5.96. The number of aromatic nitrogens is 1. The van der Waals surface area contributed by atoms with E-state index in [1.807, 2.05) is 47.8 Å². The molecule has 10 heteroatoms. The van der Waals surface area contributed by atoms with Gasteiger partial charge in [-0.15, -0.1) is 11.3 Å². The fourth-order valence-corrected chi connectivity index (χ4v) is 5.06. The number of nitrogens with one attached hydrogen (secondary N) is 2. The molecule has 206 valence electrons. The van der Waals surface area contributed by atoms with E-state index in [0.29, 0.717) is 31.9 Å². The van der Waals surface area contributed by atoms with Gasteiger partial charge in [-0.3, -0.25) is 4.79 Å². The Morgan fingerprint density at radius 2 is 1.71 bits per heavy atom. The van der Waals surface area contributed by atoms with Crippen molar-refractivity contribution in [2.24, 2.45) is 5.10 Å². The maximum absolute atomic E-state index is 12.6. The first kappa shape index (κ1) is 28.6. The molecular formula is C31H23Cl3N4O2S. The lowest BCUT2D eigenvalue weighted by Gasteiger charge is -2.09. The highest BCUT2D eigenvalue weighted by Gasteiger charge is 2.09. The van der Waals surface area contributed by atoms with Crippen LogP contribution in [0.25, 0.3) is 11.3 Å². The molecule has 0 saturated heterocycles. The molecule has 0 saturated carbocycles. The molecular weight excluding hydrogens is 599 g/mol. The smallest absolute Gasteiger partial charge is 0.271 e. The lowest BCUT2D eigenvalue weighted by Crippen LogP contribution is -2.17. The average molecular weight is 622 g/mol. The Bertz CT molecular complexity index is 1700. The number of anilines is 2. The number of carbonyl (C=O) groups excluding carboxylic acids is 1. The second-order valence-corrected chi connectivity index (χ2v) is 11.1. The summed E-state index contributed by atoms with van der Waals surface area (Å²) in [6.45, 7) is 2.34. The number of ether oxygens (including phenoxy) is 1. The summed E-state index contributed by atoms with van der Waals surface area (Å²) in [6, 6.07) is 25.9. The summed E-state index contributed by atoms with van der Waals surface area (Å²) < 4.78 is 5.79. The molecule has 0 radical (unpaired) electrons. The van der Waals surface area contributed by atoms with Crippen LogP contribution >= 0.6 is 46.1 Å². The molecule has 6 nitrogen and oxygen atoms in total. The number of benzene rings is 4. The molecule has 2 N–H and O–H groups in total. The topological polar surface area (TPSA) is 75.6 Å². The maximum atomic E-state index is 12.6. The van der Waals surface area contributed by atoms with Crippen molar-refractivity contribution in [3.8, 4) is 17.0 Å². The van der Waals surface area contributed by atoms with E-state index in [9.17, 15) is 4.79 Å². The van der Waals surface area contributed by atoms with Crippen LogP contribution in [0.2, 0.25) is 15.1 Å². The molecule has 0 aliphatic rings. The third kappa shape index (κ3) is 7.65. The Labute approximate surface area is 256 Å². The van der Waals surface area contributed by atoms with Crippen LogP contribution in [0.3, 0.4) is 0 Å². The summed E-state index contributed by atoms with van der Waals surface area (Å²) in [4.78, 5) is 17.2. The lowest BCUT2D eigenvalue weighted by molar-refractivity contribution is 0.0955. The minimum atomic E-state index is -0.333. The first-order chi connectivity index (χ1) is 19.8. The monoisotopic (exact) mass is 620 g/mol. The van der Waals surface area contributed by atoms with Gasteiger partial charge in [0.15, 0.2) is 5.13 Å². The zero-order valence-corrected chi connectivity index (χ0v) is 24.8. The van der Waals surface area contributed by atoms with Gasteiger partial charge in [-0.2, -0.15) is 5.10 Å². The zero-order valence-electron chi connectivity index (χ0n) is 21.7. The number of rotatable bonds is 9. The summed E-state index contributed by atoms with van der Waals surface area (Å²) in [7, 11) is 0. The van der Waals surface area contributed by atoms with Crippen molar-refractivity contribution in [1.82, 2.24) is 10.4 Å². The number of hydrazone groups is 1. The summed E-state index contributed by atoms with van der Waals surface area (Å²) in [6.07, 6.45) is 1.51. The van der Waals surface area contributed by atoms with Gasteiger partial charge in [0.2, 0.25) is 0 Å². The van der Waals surface area contributed by atoms with Gasteiger partial charge in [0.25, 0.3) is 5.91 Å². The van der Waals surface area contributed by atoms with E-state index in [1.165, 1.54) is 23.1 Å². The van der Waals surface area contributed by atoms with Crippen molar-refractivity contribution in [2.45, 2.75) is 13.5 Å². The van der Waals surface area contributed by atoms with Crippen molar-refractivity contribution in [1.29, 1.82) is 0 Å². The molecule has 0 bridgehead atoms. The molecule has 0 spiro atoms. The maximum Gasteiger partial charge on any atom is 0.271 e. The van der Waals surface area contributed by atoms with Crippen LogP contribution in [0, 0.1) is 6.92 Å². The van der Waals surface area contributed by atoms with E-state index >= 15 is 0 Å². The highest BCUT2D eigenvalue weighted by Crippen LogP contribution is 2.29. The van der Waals surface area contributed by atoms with Gasteiger partial charge in [-0.1, -0.05) is 70.7 Å². The summed E-state index contributed by atoms with van der Waals surface area (Å²) >= 11 is 19.9. The number of aryl methyl sites for hydroxylation is 1. The van der Waals surface area contributed by atoms with Crippen molar-refractivity contribution in [3.63, 3.8) is 0 Å². The predicted molar refractivity (Wildman–Crippen MR) is 169 cm³/mol. The van der Waals surface area contributed by atoms with E-state index in [2.05, 4.69) is 27.8 Å². The molecule has 5 rings (SSSR count). The summed E-state index contributed by atoms with van der Waals surface area (Å²) in [5.41, 5.74) is 8.51. The van der Waals surface area contributed by atoms with E-state index in [1.54, 1.807) is 42.5 Å². The number of amides is 1. The number of thiazole rings is 1. The van der Waals surface area contributed by atoms with Gasteiger partial charge >= 0.3 is 0 Å². The van der Waals surface area contributed by atoms with Crippen molar-refractivity contribution < 1.29 is 9.53 Å². The molecule has 0 unspecified atom stereocenters. The molecule has 1 heterocycles. The molecule has 0 aliphatic carbocycles. The van der Waals surface area contributed by atoms with Crippen LogP contribution in [0.15, 0.2) is 95.4 Å². The van der Waals surface area contributed by atoms with Crippen molar-refractivity contribution in [3.05, 3.63) is 128 Å². The number of hydrogen-bond acceptors (Lipinski definition) is 6. The molecule has 41 heavy (non-hydrogen) atoms. The fourth-order valence-electron chi connectivity index (χ4n) is 3.75. The first-order valence-electron chi connectivity index (χ1n) is 12.4. The molecule has 0 atom stereocenters. The minimum Gasteiger partial charge on any atom is -0.487 e. The zero-order chi connectivity index (χ0) is 28.8. The Morgan fingerprint density at radius 1 is 0.927 bits per heavy atom. The number of carbonyl (C=O) groups is 1. The largest absolute Gasteiger partial charge is 0.487 e. The highest BCUT2D eigenvalue weighted by molar-refractivity contribution is 7.14. The van der Waals surface area contributed by atoms with Crippen LogP contribution in [-0.2, 0) is 6.61 Å². The summed E-state index contributed by atoms with van der Waals surface area (Å²) in [5.74, 6) is 0.178. The normalized spacial score (nSPS) is 11.0. The van der Waals surface area contributed by atoms with Gasteiger partial charge in [0, 0.05) is 22.2 Å². The van der Waals surface area contributed by atoms with E-state index in [4.69, 9.17) is 39.5 Å². The molecule has 1 amide bonds. The van der Waals surface area contributed by atoms with Gasteiger partial charge in [-0.05, 0) is 72.6 Å². The van der Waals surface area contributed by atoms with Crippen molar-refractivity contribution >= 4 is 69.1 Å². The average Bonchev–Trinajstić information content (AvgIpc) is 3.44. The SMILES string of the molecule is Cc1ccc(Nc2nc(-c3ccc(C(=O)N/N=C\c4ccc(OCc5ccc(Cl)c(Cl)c5)c(Cl)c4)cc3)cs2)cc1. The second-order valence-electron chi connectivity index (χ2n) is 9.03. The minimum absolute atomic E-state index is 0.285. The Morgan fingerprint density at radius 3 is 2.44 bits per heavy atom. The fraction of sp³-hybridized carbons (Fsp3) is 0.0645. The number of nitrogens with zero attached hydrogens (tertiary/aromatic N) is 2. The quantitative estimate of drug-likeness (QED) is 0.127. The van der Waals surface area contributed by atoms with Crippen LogP contribution in [0.1, 0.15) is 27.0 Å². The Balaban J connectivity index is 1.14. The predicted octanol–water partition coefficient (Wildman–Crippen LogP) is 9.17. The van der Waals surface area contributed by atoms with Crippen LogP contribution in [0.5, 0.6) is 5.75 Å². The summed E-state index contributed by atoms with van der Waals surface area (Å²) in [5, 5.41) is 11.5. The van der Waals surface area contributed by atoms with Gasteiger partial charge in [0.05, 0.1) is 27.0 Å². The molecule has 0 aliphatic heterocycles. The molecule has 1 aromatic heterocycles. The standard InChI is InChI=1S/C31H23Cl3N4O2S/c1-19-2-10-24(11-3-19)36-31-37-28(18-41-31)22-6-8-23(9-7-22)30(39)38-35-16-20-5-13-29(27(34)14-20)40-17-21-4-12-25(32)26(33)15-21/h2-16,18H,17H2,1H3,(H,36,37)(H,38,39)/b35-16-. The molecule has 0 fully saturated rings. The van der Waals surface area contributed by atoms with Gasteiger partial charge in [-0.25, -0.2) is 10.4 Å². The van der Waals surface area contributed by atoms with Crippen LogP contribution in [-0.4, -0.2) is 17.1 Å². The van der Waals surface area contributed by atoms with Crippen molar-refractivity contribution in [2.75, 3.05) is 5.32 Å². The molecule has 4 aromatic carbocycles. The Hall–Kier alpha value is -3.88. The van der Waals surface area contributed by atoms with Crippen LogP contribution in [0.4, 0.5) is 10.8 Å². The number of hydrogen-bond donors (Lipinski definition) is 2. The van der Waals surface area contributed by atoms with E-state index < -0.39 is 0 Å². The van der Waals surface area contributed by atoms with Gasteiger partial charge in [0.1, 0.15) is 12.4 Å². The Kier molecular flexibility index (Phi) is 9.21. The van der Waals surface area contributed by atoms with E-state index in [-0.39, 0.29) is 12.5 Å². The third-order valence-corrected chi connectivity index (χ3v) is 7.76. The highest BCUT2D eigenvalue weighted by atomic mass is 35.5. The number of halogens is 3. The van der Waals surface area contributed by atoms with Crippen LogP contribution < -0.4 is 15.5 Å². The van der Waals surface area contributed by atoms with E-state index in [0.717, 1.165) is 27.6 Å².